The Labute approximate surface area is 135 Å². The molecule has 1 aromatic heterocycles. The van der Waals surface area contributed by atoms with Crippen molar-refractivity contribution in [3.05, 3.63) is 54.9 Å². The predicted octanol–water partition coefficient (Wildman–Crippen LogP) is 4.42. The fourth-order valence-electron chi connectivity index (χ4n) is 2.48. The van der Waals surface area contributed by atoms with Gasteiger partial charge < -0.3 is 0 Å². The quantitative estimate of drug-likeness (QED) is 0.474. The van der Waals surface area contributed by atoms with Crippen LogP contribution < -0.4 is 0 Å². The second-order valence-electron chi connectivity index (χ2n) is 4.88. The molecule has 0 unspecified atom stereocenters. The third kappa shape index (κ3) is 2.61. The Morgan fingerprint density at radius 3 is 3.00 bits per heavy atom. The molecule has 0 saturated heterocycles. The number of benzene rings is 1. The van der Waals surface area contributed by atoms with Crippen molar-refractivity contribution in [3.8, 4) is 6.07 Å². The van der Waals surface area contributed by atoms with Crippen LogP contribution in [0.5, 0.6) is 0 Å². The molecule has 2 aromatic rings. The minimum atomic E-state index is -0.528. The number of nitro groups is 1. The molecule has 1 aliphatic carbocycles. The van der Waals surface area contributed by atoms with E-state index in [4.69, 9.17) is 11.6 Å². The summed E-state index contributed by atoms with van der Waals surface area (Å²) >= 11 is 7.31. The number of nitro benzene ring substituents is 1. The van der Waals surface area contributed by atoms with Gasteiger partial charge >= 0.3 is 0 Å². The Bertz CT molecular complexity index is 836. The van der Waals surface area contributed by atoms with Crippen LogP contribution in [0.1, 0.15) is 28.0 Å². The summed E-state index contributed by atoms with van der Waals surface area (Å²) in [5.41, 5.74) is 2.17. The van der Waals surface area contributed by atoms with E-state index < -0.39 is 4.92 Å². The molecule has 0 aliphatic heterocycles. The van der Waals surface area contributed by atoms with Crippen LogP contribution in [0.15, 0.2) is 23.2 Å². The summed E-state index contributed by atoms with van der Waals surface area (Å²) in [5, 5.41) is 20.9. The van der Waals surface area contributed by atoms with Crippen molar-refractivity contribution >= 4 is 39.8 Å². The van der Waals surface area contributed by atoms with Gasteiger partial charge in [-0.25, -0.2) is 4.99 Å². The molecule has 0 bridgehead atoms. The topological polar surface area (TPSA) is 79.3 Å². The molecule has 110 valence electrons. The van der Waals surface area contributed by atoms with E-state index in [-0.39, 0.29) is 10.7 Å². The molecule has 1 aliphatic rings. The summed E-state index contributed by atoms with van der Waals surface area (Å²) in [6, 6.07) is 6.72. The largest absolute Gasteiger partial charge is 0.288 e. The van der Waals surface area contributed by atoms with Crippen molar-refractivity contribution in [2.75, 3.05) is 0 Å². The van der Waals surface area contributed by atoms with Gasteiger partial charge in [-0.15, -0.1) is 11.3 Å². The van der Waals surface area contributed by atoms with Gasteiger partial charge in [0.2, 0.25) is 0 Å². The molecule has 1 heterocycles. The van der Waals surface area contributed by atoms with Gasteiger partial charge in [0.25, 0.3) is 5.69 Å². The lowest BCUT2D eigenvalue weighted by Gasteiger charge is -1.97. The third-order valence-corrected chi connectivity index (χ3v) is 5.03. The van der Waals surface area contributed by atoms with Crippen molar-refractivity contribution < 1.29 is 4.92 Å². The minimum Gasteiger partial charge on any atom is -0.258 e. The molecule has 0 amide bonds. The fourth-order valence-corrected chi connectivity index (χ4v) is 3.85. The maximum Gasteiger partial charge on any atom is 0.288 e. The van der Waals surface area contributed by atoms with Crippen LogP contribution in [0.4, 0.5) is 10.7 Å². The number of hydrogen-bond acceptors (Lipinski definition) is 5. The Hall–Kier alpha value is -2.23. The van der Waals surface area contributed by atoms with Crippen molar-refractivity contribution in [2.45, 2.75) is 19.3 Å². The van der Waals surface area contributed by atoms with E-state index in [1.54, 1.807) is 6.07 Å². The smallest absolute Gasteiger partial charge is 0.258 e. The number of halogens is 1. The van der Waals surface area contributed by atoms with E-state index in [2.05, 4.69) is 11.1 Å². The predicted molar refractivity (Wildman–Crippen MR) is 86.4 cm³/mol. The van der Waals surface area contributed by atoms with Crippen LogP contribution in [0.2, 0.25) is 5.02 Å². The maximum absolute atomic E-state index is 10.9. The highest BCUT2D eigenvalue weighted by Crippen LogP contribution is 2.40. The number of rotatable bonds is 3. The normalized spacial score (nSPS) is 13.3. The van der Waals surface area contributed by atoms with Gasteiger partial charge in [0, 0.05) is 17.2 Å². The molecule has 0 N–H and O–H groups in total. The summed E-state index contributed by atoms with van der Waals surface area (Å²) in [4.78, 5) is 15.9. The Morgan fingerprint density at radius 2 is 2.27 bits per heavy atom. The summed E-state index contributed by atoms with van der Waals surface area (Å²) in [6.45, 7) is 0. The summed E-state index contributed by atoms with van der Waals surface area (Å²) in [5.74, 6) is 0. The molecular weight excluding hydrogens is 322 g/mol. The van der Waals surface area contributed by atoms with Gasteiger partial charge in [-0.3, -0.25) is 10.1 Å². The maximum atomic E-state index is 10.9. The standard InChI is InChI=1S/C15H10ClN3O2S/c16-12-5-4-9(6-13(12)19(20)21)8-18-15-11(7-17)10-2-1-3-14(10)22-15/h4-6,8H,1-3H2. The van der Waals surface area contributed by atoms with Gasteiger partial charge in [0.1, 0.15) is 16.1 Å². The SMILES string of the molecule is N#Cc1c(N=Cc2ccc(Cl)c([N+](=O)[O-])c2)sc2c1CCC2. The zero-order valence-electron chi connectivity index (χ0n) is 11.4. The minimum absolute atomic E-state index is 0.0926. The van der Waals surface area contributed by atoms with Gasteiger partial charge in [0.05, 0.1) is 10.5 Å². The first-order valence-electron chi connectivity index (χ1n) is 6.63. The van der Waals surface area contributed by atoms with E-state index in [9.17, 15) is 15.4 Å². The first-order chi connectivity index (χ1) is 10.6. The number of fused-ring (bicyclic) bond motifs is 1. The first kappa shape index (κ1) is 14.7. The second kappa shape index (κ2) is 5.87. The lowest BCUT2D eigenvalue weighted by atomic mass is 10.1. The van der Waals surface area contributed by atoms with Crippen LogP contribution in [0.3, 0.4) is 0 Å². The molecule has 0 spiro atoms. The van der Waals surface area contributed by atoms with Crippen molar-refractivity contribution in [3.63, 3.8) is 0 Å². The molecule has 7 heteroatoms. The van der Waals surface area contributed by atoms with E-state index in [0.717, 1.165) is 24.8 Å². The summed E-state index contributed by atoms with van der Waals surface area (Å²) in [6.07, 6.45) is 4.54. The Kier molecular flexibility index (Phi) is 3.92. The van der Waals surface area contributed by atoms with Crippen LogP contribution >= 0.6 is 22.9 Å². The molecule has 0 fully saturated rings. The van der Waals surface area contributed by atoms with Gasteiger partial charge in [-0.1, -0.05) is 17.7 Å². The molecule has 1 aromatic carbocycles. The monoisotopic (exact) mass is 331 g/mol. The lowest BCUT2D eigenvalue weighted by molar-refractivity contribution is -0.384. The van der Waals surface area contributed by atoms with Crippen LogP contribution in [0.25, 0.3) is 0 Å². The number of aliphatic imine (C=N–C) groups is 1. The van der Waals surface area contributed by atoms with Gasteiger partial charge in [-0.05, 0) is 36.5 Å². The van der Waals surface area contributed by atoms with Crippen LogP contribution in [-0.2, 0) is 12.8 Å². The van der Waals surface area contributed by atoms with Crippen LogP contribution in [0, 0.1) is 21.4 Å². The second-order valence-corrected chi connectivity index (χ2v) is 6.37. The number of nitriles is 1. The molecule has 0 atom stereocenters. The van der Waals surface area contributed by atoms with Crippen LogP contribution in [-0.4, -0.2) is 11.1 Å². The highest BCUT2D eigenvalue weighted by atomic mass is 35.5. The highest BCUT2D eigenvalue weighted by Gasteiger charge is 2.21. The molecule has 22 heavy (non-hydrogen) atoms. The summed E-state index contributed by atoms with van der Waals surface area (Å²) < 4.78 is 0. The molecule has 5 nitrogen and oxygen atoms in total. The van der Waals surface area contributed by atoms with E-state index in [1.165, 1.54) is 34.6 Å². The average Bonchev–Trinajstić information content (AvgIpc) is 3.06. The van der Waals surface area contributed by atoms with E-state index in [1.807, 2.05) is 0 Å². The summed E-state index contributed by atoms with van der Waals surface area (Å²) in [7, 11) is 0. The Morgan fingerprint density at radius 1 is 1.45 bits per heavy atom. The van der Waals surface area contributed by atoms with Crippen molar-refractivity contribution in [1.29, 1.82) is 5.26 Å². The molecular formula is C15H10ClN3O2S. The fraction of sp³-hybridized carbons (Fsp3) is 0.200. The highest BCUT2D eigenvalue weighted by molar-refractivity contribution is 7.16. The molecule has 3 rings (SSSR count). The van der Waals surface area contributed by atoms with E-state index in [0.29, 0.717) is 16.1 Å². The zero-order valence-corrected chi connectivity index (χ0v) is 12.9. The third-order valence-electron chi connectivity index (χ3n) is 3.51. The van der Waals surface area contributed by atoms with Crippen molar-refractivity contribution in [2.24, 2.45) is 4.99 Å². The molecule has 0 radical (unpaired) electrons. The lowest BCUT2D eigenvalue weighted by Crippen LogP contribution is -1.91. The number of thiophene rings is 1. The number of aryl methyl sites for hydroxylation is 1. The van der Waals surface area contributed by atoms with E-state index >= 15 is 0 Å². The van der Waals surface area contributed by atoms with Gasteiger partial charge in [-0.2, -0.15) is 5.26 Å². The number of hydrogen-bond donors (Lipinski definition) is 0. The number of nitrogens with zero attached hydrogens (tertiary/aromatic N) is 3. The molecule has 0 saturated carbocycles. The first-order valence-corrected chi connectivity index (χ1v) is 7.82. The Balaban J connectivity index is 1.94. The average molecular weight is 332 g/mol. The zero-order chi connectivity index (χ0) is 15.7. The van der Waals surface area contributed by atoms with Crippen molar-refractivity contribution in [1.82, 2.24) is 0 Å². The van der Waals surface area contributed by atoms with Gasteiger partial charge in [0.15, 0.2) is 0 Å².